The zero-order valence-corrected chi connectivity index (χ0v) is 12.6. The van der Waals surface area contributed by atoms with Gasteiger partial charge in [0, 0.05) is 12.7 Å². The summed E-state index contributed by atoms with van der Waals surface area (Å²) in [6.45, 7) is 0. The number of amides is 1. The smallest absolute Gasteiger partial charge is 0.317 e. The first kappa shape index (κ1) is 14.6. The molecule has 0 spiro atoms. The highest BCUT2D eigenvalue weighted by Crippen LogP contribution is 2.27. The summed E-state index contributed by atoms with van der Waals surface area (Å²) in [4.78, 5) is 11.3. The van der Waals surface area contributed by atoms with Gasteiger partial charge in [-0.15, -0.1) is 4.28 Å². The lowest BCUT2D eigenvalue weighted by molar-refractivity contribution is -0.115. The first-order valence-corrected chi connectivity index (χ1v) is 8.03. The van der Waals surface area contributed by atoms with Crippen LogP contribution in [0.1, 0.15) is 5.56 Å². The highest BCUT2D eigenvalue weighted by molar-refractivity contribution is 7.86. The molecule has 1 aliphatic rings. The standard InChI is InChI=1S/C15H14N2O4S/c1-17(12-5-3-2-4-6-12)21-22(19,20)13-7-8-14-11(9-13)10-15(18)16-14/h2-9H,10H2,1H3,(H,16,18). The molecule has 0 radical (unpaired) electrons. The van der Waals surface area contributed by atoms with E-state index < -0.39 is 10.1 Å². The Hall–Kier alpha value is -2.38. The lowest BCUT2D eigenvalue weighted by Crippen LogP contribution is -2.22. The van der Waals surface area contributed by atoms with Gasteiger partial charge < -0.3 is 5.32 Å². The second kappa shape index (κ2) is 5.43. The average Bonchev–Trinajstić information content (AvgIpc) is 2.86. The topological polar surface area (TPSA) is 75.7 Å². The van der Waals surface area contributed by atoms with Gasteiger partial charge in [0.2, 0.25) is 5.91 Å². The van der Waals surface area contributed by atoms with E-state index in [-0.39, 0.29) is 17.2 Å². The predicted molar refractivity (Wildman–Crippen MR) is 81.9 cm³/mol. The quantitative estimate of drug-likeness (QED) is 0.872. The van der Waals surface area contributed by atoms with Gasteiger partial charge in [-0.3, -0.25) is 4.79 Å². The van der Waals surface area contributed by atoms with Gasteiger partial charge in [-0.2, -0.15) is 8.42 Å². The Morgan fingerprint density at radius 2 is 1.86 bits per heavy atom. The van der Waals surface area contributed by atoms with E-state index in [4.69, 9.17) is 4.28 Å². The van der Waals surface area contributed by atoms with E-state index in [2.05, 4.69) is 5.32 Å². The van der Waals surface area contributed by atoms with E-state index in [0.717, 1.165) is 0 Å². The Balaban J connectivity index is 1.85. The first-order valence-electron chi connectivity index (χ1n) is 6.62. The number of hydroxylamine groups is 1. The van der Waals surface area contributed by atoms with E-state index in [0.29, 0.717) is 16.9 Å². The summed E-state index contributed by atoms with van der Waals surface area (Å²) in [5.74, 6) is -0.146. The van der Waals surface area contributed by atoms with Crippen LogP contribution in [-0.4, -0.2) is 21.4 Å². The van der Waals surface area contributed by atoms with E-state index in [1.807, 2.05) is 6.07 Å². The second-order valence-electron chi connectivity index (χ2n) is 4.91. The molecular weight excluding hydrogens is 304 g/mol. The normalized spacial score (nSPS) is 13.6. The van der Waals surface area contributed by atoms with Crippen LogP contribution in [0.5, 0.6) is 0 Å². The van der Waals surface area contributed by atoms with Crippen LogP contribution in [0.15, 0.2) is 53.4 Å². The van der Waals surface area contributed by atoms with E-state index >= 15 is 0 Å². The average molecular weight is 318 g/mol. The second-order valence-corrected chi connectivity index (χ2v) is 6.43. The fraction of sp³-hybridized carbons (Fsp3) is 0.133. The fourth-order valence-corrected chi connectivity index (χ4v) is 3.22. The minimum absolute atomic E-state index is 0.0190. The van der Waals surface area contributed by atoms with Gasteiger partial charge in [0.1, 0.15) is 0 Å². The molecule has 7 heteroatoms. The summed E-state index contributed by atoms with van der Waals surface area (Å²) in [5, 5.41) is 3.84. The summed E-state index contributed by atoms with van der Waals surface area (Å²) in [7, 11) is -2.44. The van der Waals surface area contributed by atoms with Crippen molar-refractivity contribution in [3.05, 3.63) is 54.1 Å². The highest BCUT2D eigenvalue weighted by Gasteiger charge is 2.24. The van der Waals surface area contributed by atoms with Crippen molar-refractivity contribution in [3.63, 3.8) is 0 Å². The molecule has 6 nitrogen and oxygen atoms in total. The van der Waals surface area contributed by atoms with Crippen molar-refractivity contribution in [2.45, 2.75) is 11.3 Å². The zero-order chi connectivity index (χ0) is 15.7. The summed E-state index contributed by atoms with van der Waals surface area (Å²) in [5.41, 5.74) is 1.90. The molecule has 0 fully saturated rings. The number of hydrogen-bond donors (Lipinski definition) is 1. The number of fused-ring (bicyclic) bond motifs is 1. The maximum atomic E-state index is 12.3. The number of nitrogens with zero attached hydrogens (tertiary/aromatic N) is 1. The summed E-state index contributed by atoms with van der Waals surface area (Å²) in [6, 6.07) is 13.3. The predicted octanol–water partition coefficient (Wildman–Crippen LogP) is 1.94. The number of anilines is 2. The number of rotatable bonds is 4. The molecule has 0 aliphatic carbocycles. The Morgan fingerprint density at radius 1 is 1.14 bits per heavy atom. The third-order valence-electron chi connectivity index (χ3n) is 3.32. The van der Waals surface area contributed by atoms with Crippen LogP contribution in [0, 0.1) is 0 Å². The Labute approximate surface area is 128 Å². The Kier molecular flexibility index (Phi) is 3.59. The van der Waals surface area contributed by atoms with Crippen LogP contribution >= 0.6 is 0 Å². The van der Waals surface area contributed by atoms with Crippen molar-refractivity contribution in [2.75, 3.05) is 17.4 Å². The van der Waals surface area contributed by atoms with Gasteiger partial charge in [0.05, 0.1) is 17.0 Å². The lowest BCUT2D eigenvalue weighted by atomic mass is 10.2. The van der Waals surface area contributed by atoms with Gasteiger partial charge >= 0.3 is 10.1 Å². The maximum absolute atomic E-state index is 12.3. The molecule has 1 amide bonds. The van der Waals surface area contributed by atoms with E-state index in [1.165, 1.54) is 24.2 Å². The van der Waals surface area contributed by atoms with Crippen LogP contribution in [0.3, 0.4) is 0 Å². The molecule has 2 aromatic rings. The minimum Gasteiger partial charge on any atom is -0.326 e. The first-order chi connectivity index (χ1) is 10.5. The molecule has 0 saturated heterocycles. The van der Waals surface area contributed by atoms with E-state index in [1.54, 1.807) is 30.3 Å². The molecule has 1 heterocycles. The van der Waals surface area contributed by atoms with Gasteiger partial charge in [-0.25, -0.2) is 5.06 Å². The molecule has 1 N–H and O–H groups in total. The van der Waals surface area contributed by atoms with Crippen LogP contribution in [0.25, 0.3) is 0 Å². The zero-order valence-electron chi connectivity index (χ0n) is 11.8. The fourth-order valence-electron chi connectivity index (χ4n) is 2.23. The molecule has 0 unspecified atom stereocenters. The molecule has 0 aromatic heterocycles. The number of para-hydroxylation sites is 1. The molecule has 2 aromatic carbocycles. The van der Waals surface area contributed by atoms with Crippen molar-refractivity contribution in [1.29, 1.82) is 0 Å². The van der Waals surface area contributed by atoms with Gasteiger partial charge in [0.15, 0.2) is 0 Å². The van der Waals surface area contributed by atoms with Crippen molar-refractivity contribution in [1.82, 2.24) is 0 Å². The third kappa shape index (κ3) is 2.81. The summed E-state index contributed by atoms with van der Waals surface area (Å²) >= 11 is 0. The van der Waals surface area contributed by atoms with Crippen LogP contribution < -0.4 is 10.4 Å². The Morgan fingerprint density at radius 3 is 2.59 bits per heavy atom. The highest BCUT2D eigenvalue weighted by atomic mass is 32.2. The van der Waals surface area contributed by atoms with Crippen molar-refractivity contribution < 1.29 is 17.5 Å². The van der Waals surface area contributed by atoms with E-state index in [9.17, 15) is 13.2 Å². The number of benzene rings is 2. The largest absolute Gasteiger partial charge is 0.326 e. The van der Waals surface area contributed by atoms with Gasteiger partial charge in [-0.05, 0) is 35.9 Å². The number of hydrogen-bond acceptors (Lipinski definition) is 5. The monoisotopic (exact) mass is 318 g/mol. The molecule has 0 saturated carbocycles. The summed E-state index contributed by atoms with van der Waals surface area (Å²) < 4.78 is 29.8. The molecule has 0 bridgehead atoms. The van der Waals surface area contributed by atoms with Gasteiger partial charge in [0.25, 0.3) is 0 Å². The SMILES string of the molecule is CN(OS(=O)(=O)c1ccc2c(c1)CC(=O)N2)c1ccccc1. The number of nitrogens with one attached hydrogen (secondary N) is 1. The molecule has 0 atom stereocenters. The molecule has 22 heavy (non-hydrogen) atoms. The van der Waals surface area contributed by atoms with Crippen molar-refractivity contribution in [3.8, 4) is 0 Å². The van der Waals surface area contributed by atoms with Gasteiger partial charge in [-0.1, -0.05) is 18.2 Å². The molecule has 114 valence electrons. The van der Waals surface area contributed by atoms with Crippen molar-refractivity contribution in [2.24, 2.45) is 0 Å². The number of carbonyl (C=O) groups is 1. The molecule has 3 rings (SSSR count). The maximum Gasteiger partial charge on any atom is 0.317 e. The Bertz CT molecular complexity index is 819. The molecular formula is C15H14N2O4S. The van der Waals surface area contributed by atoms with Crippen LogP contribution in [0.4, 0.5) is 11.4 Å². The lowest BCUT2D eigenvalue weighted by Gasteiger charge is -2.18. The third-order valence-corrected chi connectivity index (χ3v) is 4.57. The van der Waals surface area contributed by atoms with Crippen molar-refractivity contribution >= 4 is 27.4 Å². The summed E-state index contributed by atoms with van der Waals surface area (Å²) in [6.07, 6.45) is 0.174. The molecule has 1 aliphatic heterocycles. The minimum atomic E-state index is -3.96. The van der Waals surface area contributed by atoms with Crippen LogP contribution in [0.2, 0.25) is 0 Å². The van der Waals surface area contributed by atoms with Crippen LogP contribution in [-0.2, 0) is 25.6 Å². The number of carbonyl (C=O) groups excluding carboxylic acids is 1.